The third kappa shape index (κ3) is 3.75. The first-order chi connectivity index (χ1) is 16.1. The molecule has 0 radical (unpaired) electrons. The molecule has 3 aliphatic heterocycles. The Bertz CT molecular complexity index is 1190. The van der Waals surface area contributed by atoms with E-state index in [1.807, 2.05) is 29.3 Å². The van der Waals surface area contributed by atoms with Gasteiger partial charge < -0.3 is 24.3 Å². The van der Waals surface area contributed by atoms with Gasteiger partial charge in [-0.15, -0.1) is 0 Å². The molecule has 1 aromatic heterocycles. The van der Waals surface area contributed by atoms with Crippen molar-refractivity contribution < 1.29 is 14.3 Å². The fraction of sp³-hybridized carbons (Fsp3) is 0.423. The number of aromatic nitrogens is 1. The van der Waals surface area contributed by atoms with Gasteiger partial charge in [-0.1, -0.05) is 41.9 Å². The Balaban J connectivity index is 1.25. The summed E-state index contributed by atoms with van der Waals surface area (Å²) >= 11 is 6.32. The molecule has 0 bridgehead atoms. The van der Waals surface area contributed by atoms with Crippen LogP contribution in [0.1, 0.15) is 34.3 Å². The zero-order valence-electron chi connectivity index (χ0n) is 18.6. The zero-order valence-corrected chi connectivity index (χ0v) is 19.3. The minimum absolute atomic E-state index is 0.0740. The van der Waals surface area contributed by atoms with Crippen molar-refractivity contribution in [2.75, 3.05) is 32.8 Å². The van der Waals surface area contributed by atoms with Gasteiger partial charge in [0, 0.05) is 42.8 Å². The number of hydrogen-bond acceptors (Lipinski definition) is 4. The molecule has 1 amide bonds. The first-order valence-corrected chi connectivity index (χ1v) is 12.1. The van der Waals surface area contributed by atoms with Crippen LogP contribution in [-0.2, 0) is 28.2 Å². The van der Waals surface area contributed by atoms with Crippen molar-refractivity contribution >= 4 is 28.4 Å². The van der Waals surface area contributed by atoms with Gasteiger partial charge in [0.15, 0.2) is 0 Å². The van der Waals surface area contributed by atoms with Gasteiger partial charge in [-0.05, 0) is 36.1 Å². The van der Waals surface area contributed by atoms with E-state index in [2.05, 4.69) is 34.1 Å². The summed E-state index contributed by atoms with van der Waals surface area (Å²) in [6.07, 6.45) is 3.70. The molecular formula is C26H28ClN3O3. The maximum Gasteiger partial charge on any atom is 0.256 e. The Hall–Kier alpha value is -2.38. The number of fused-ring (bicyclic) bond motifs is 3. The average Bonchev–Trinajstić information content (AvgIpc) is 3.38. The number of nitrogens with zero attached hydrogens (tertiary/aromatic N) is 2. The van der Waals surface area contributed by atoms with Crippen molar-refractivity contribution in [3.63, 3.8) is 0 Å². The third-order valence-electron chi connectivity index (χ3n) is 7.35. The molecule has 3 aliphatic rings. The van der Waals surface area contributed by atoms with Crippen LogP contribution in [-0.4, -0.2) is 54.3 Å². The molecule has 6 nitrogen and oxygen atoms in total. The smallest absolute Gasteiger partial charge is 0.256 e. The van der Waals surface area contributed by atoms with E-state index in [0.29, 0.717) is 37.9 Å². The van der Waals surface area contributed by atoms with Crippen LogP contribution in [0.5, 0.6) is 0 Å². The lowest BCUT2D eigenvalue weighted by Gasteiger charge is -2.39. The molecule has 2 fully saturated rings. The molecule has 1 spiro atoms. The number of morpholine rings is 1. The number of piperidine rings is 1. The van der Waals surface area contributed by atoms with E-state index in [-0.39, 0.29) is 17.6 Å². The van der Waals surface area contributed by atoms with Crippen molar-refractivity contribution in [1.29, 1.82) is 0 Å². The van der Waals surface area contributed by atoms with Gasteiger partial charge in [-0.25, -0.2) is 0 Å². The molecule has 6 rings (SSSR count). The van der Waals surface area contributed by atoms with Crippen LogP contribution in [0, 0.1) is 0 Å². The lowest BCUT2D eigenvalue weighted by molar-refractivity contribution is -0.0741. The predicted octanol–water partition coefficient (Wildman–Crippen LogP) is 3.94. The average molecular weight is 466 g/mol. The molecule has 172 valence electrons. The number of ether oxygens (including phenoxy) is 2. The maximum atomic E-state index is 13.6. The van der Waals surface area contributed by atoms with Gasteiger partial charge in [-0.3, -0.25) is 4.79 Å². The van der Waals surface area contributed by atoms with E-state index >= 15 is 0 Å². The molecule has 4 heterocycles. The Kier molecular flexibility index (Phi) is 5.41. The summed E-state index contributed by atoms with van der Waals surface area (Å²) in [7, 11) is 0. The second-order valence-electron chi connectivity index (χ2n) is 9.29. The number of likely N-dealkylation sites (tertiary alicyclic amines) is 1. The molecular weight excluding hydrogens is 438 g/mol. The first kappa shape index (κ1) is 21.2. The van der Waals surface area contributed by atoms with Crippen LogP contribution in [0.25, 0.3) is 10.9 Å². The van der Waals surface area contributed by atoms with Gasteiger partial charge in [0.2, 0.25) is 0 Å². The van der Waals surface area contributed by atoms with Gasteiger partial charge in [0.1, 0.15) is 0 Å². The molecule has 1 atom stereocenters. The van der Waals surface area contributed by atoms with Crippen molar-refractivity contribution in [1.82, 2.24) is 14.8 Å². The van der Waals surface area contributed by atoms with Crippen molar-refractivity contribution in [3.8, 4) is 0 Å². The highest BCUT2D eigenvalue weighted by molar-refractivity contribution is 6.31. The molecule has 33 heavy (non-hydrogen) atoms. The van der Waals surface area contributed by atoms with Crippen LogP contribution < -0.4 is 5.32 Å². The van der Waals surface area contributed by atoms with E-state index in [4.69, 9.17) is 21.1 Å². The minimum atomic E-state index is -0.250. The molecule has 7 heteroatoms. The summed E-state index contributed by atoms with van der Waals surface area (Å²) in [4.78, 5) is 15.6. The number of nitrogens with one attached hydrogen (secondary N) is 1. The standard InChI is InChI=1S/C26H28ClN3O3/c27-19-5-6-21-22(16-30(24(21)13-19)15-20-14-28-9-12-32-20)25(31)29-10-7-26(8-11-29)23-4-2-1-3-18(23)17-33-26/h1-6,13,16,20,28H,7-12,14-15,17H2. The normalized spacial score (nSPS) is 22.1. The van der Waals surface area contributed by atoms with Crippen molar-refractivity contribution in [2.45, 2.75) is 37.7 Å². The molecule has 3 aromatic rings. The second-order valence-corrected chi connectivity index (χ2v) is 9.72. The quantitative estimate of drug-likeness (QED) is 0.636. The number of carbonyl (C=O) groups excluding carboxylic acids is 1. The highest BCUT2D eigenvalue weighted by Gasteiger charge is 2.43. The monoisotopic (exact) mass is 465 g/mol. The van der Waals surface area contributed by atoms with Crippen LogP contribution in [0.3, 0.4) is 0 Å². The Morgan fingerprint density at radius 3 is 2.85 bits per heavy atom. The number of halogens is 1. The molecule has 0 aliphatic carbocycles. The van der Waals surface area contributed by atoms with Gasteiger partial charge >= 0.3 is 0 Å². The molecule has 1 N–H and O–H groups in total. The SMILES string of the molecule is O=C(c1cn(CC2CNCCO2)c2cc(Cl)ccc12)N1CCC2(CC1)OCc1ccccc12. The van der Waals surface area contributed by atoms with E-state index in [1.54, 1.807) is 0 Å². The first-order valence-electron chi connectivity index (χ1n) is 11.8. The third-order valence-corrected chi connectivity index (χ3v) is 7.59. The van der Waals surface area contributed by atoms with Crippen LogP contribution in [0.4, 0.5) is 0 Å². The lowest BCUT2D eigenvalue weighted by atomic mass is 9.83. The lowest BCUT2D eigenvalue weighted by Crippen LogP contribution is -2.45. The minimum Gasteiger partial charge on any atom is -0.374 e. The summed E-state index contributed by atoms with van der Waals surface area (Å²) in [5.74, 6) is 0.0740. The number of amides is 1. The summed E-state index contributed by atoms with van der Waals surface area (Å²) in [6.45, 7) is 5.10. The Labute approximate surface area is 198 Å². The van der Waals surface area contributed by atoms with Gasteiger partial charge in [0.25, 0.3) is 5.91 Å². The highest BCUT2D eigenvalue weighted by atomic mass is 35.5. The van der Waals surface area contributed by atoms with Crippen LogP contribution in [0.2, 0.25) is 5.02 Å². The largest absolute Gasteiger partial charge is 0.374 e. The fourth-order valence-corrected chi connectivity index (χ4v) is 5.75. The Morgan fingerprint density at radius 1 is 1.18 bits per heavy atom. The summed E-state index contributed by atoms with van der Waals surface area (Å²) in [6, 6.07) is 14.2. The van der Waals surface area contributed by atoms with E-state index < -0.39 is 0 Å². The number of benzene rings is 2. The zero-order chi connectivity index (χ0) is 22.4. The van der Waals surface area contributed by atoms with Gasteiger partial charge in [-0.2, -0.15) is 0 Å². The van der Waals surface area contributed by atoms with Crippen LogP contribution in [0.15, 0.2) is 48.7 Å². The predicted molar refractivity (Wildman–Crippen MR) is 128 cm³/mol. The Morgan fingerprint density at radius 2 is 2.03 bits per heavy atom. The number of carbonyl (C=O) groups is 1. The molecule has 2 aromatic carbocycles. The van der Waals surface area contributed by atoms with Crippen molar-refractivity contribution in [2.24, 2.45) is 0 Å². The van der Waals surface area contributed by atoms with Crippen LogP contribution >= 0.6 is 11.6 Å². The fourth-order valence-electron chi connectivity index (χ4n) is 5.58. The van der Waals surface area contributed by atoms with Gasteiger partial charge in [0.05, 0.1) is 42.5 Å². The molecule has 0 saturated carbocycles. The van der Waals surface area contributed by atoms with E-state index in [0.717, 1.165) is 42.4 Å². The van der Waals surface area contributed by atoms with Crippen molar-refractivity contribution in [3.05, 3.63) is 70.4 Å². The van der Waals surface area contributed by atoms with E-state index in [9.17, 15) is 4.79 Å². The number of hydrogen-bond donors (Lipinski definition) is 1. The number of rotatable bonds is 3. The summed E-state index contributed by atoms with van der Waals surface area (Å²) in [5.41, 5.74) is 4.02. The highest BCUT2D eigenvalue weighted by Crippen LogP contribution is 2.44. The maximum absolute atomic E-state index is 13.6. The molecule has 2 saturated heterocycles. The summed E-state index contributed by atoms with van der Waals surface area (Å²) in [5, 5.41) is 4.98. The molecule has 1 unspecified atom stereocenters. The summed E-state index contributed by atoms with van der Waals surface area (Å²) < 4.78 is 14.3. The second kappa shape index (κ2) is 8.44. The topological polar surface area (TPSA) is 55.7 Å². The van der Waals surface area contributed by atoms with E-state index in [1.165, 1.54) is 11.1 Å².